The number of hydrogen-bond donors (Lipinski definition) is 0. The molecule has 1 aromatic heterocycles. The van der Waals surface area contributed by atoms with E-state index < -0.39 is 5.60 Å². The van der Waals surface area contributed by atoms with Crippen molar-refractivity contribution in [1.82, 2.24) is 14.9 Å². The SMILES string of the molecule is COc1ccc2cnc(OC3CCCN(C(=O)OC(C)(C)C)C3)nc2c1. The summed E-state index contributed by atoms with van der Waals surface area (Å²) in [5.41, 5.74) is 0.250. The Labute approximate surface area is 153 Å². The topological polar surface area (TPSA) is 73.8 Å². The highest BCUT2D eigenvalue weighted by molar-refractivity contribution is 5.79. The van der Waals surface area contributed by atoms with E-state index in [4.69, 9.17) is 14.2 Å². The van der Waals surface area contributed by atoms with Gasteiger partial charge in [-0.05, 0) is 45.7 Å². The van der Waals surface area contributed by atoms with Gasteiger partial charge in [0, 0.05) is 24.2 Å². The normalized spacial score (nSPS) is 17.8. The number of fused-ring (bicyclic) bond motifs is 1. The first kappa shape index (κ1) is 18.2. The summed E-state index contributed by atoms with van der Waals surface area (Å²) in [6, 6.07) is 5.92. The van der Waals surface area contributed by atoms with Crippen molar-refractivity contribution in [2.75, 3.05) is 20.2 Å². The Morgan fingerprint density at radius 2 is 2.12 bits per heavy atom. The van der Waals surface area contributed by atoms with Crippen LogP contribution in [0.1, 0.15) is 33.6 Å². The van der Waals surface area contributed by atoms with E-state index in [2.05, 4.69) is 9.97 Å². The highest BCUT2D eigenvalue weighted by Crippen LogP contribution is 2.22. The van der Waals surface area contributed by atoms with Crippen LogP contribution in [-0.4, -0.2) is 52.9 Å². The van der Waals surface area contributed by atoms with E-state index in [0.717, 1.165) is 29.5 Å². The lowest BCUT2D eigenvalue weighted by Crippen LogP contribution is -2.46. The molecule has 1 aliphatic rings. The lowest BCUT2D eigenvalue weighted by molar-refractivity contribution is 0.00665. The largest absolute Gasteiger partial charge is 0.497 e. The van der Waals surface area contributed by atoms with Crippen molar-refractivity contribution in [3.05, 3.63) is 24.4 Å². The number of piperidine rings is 1. The fourth-order valence-electron chi connectivity index (χ4n) is 2.85. The molecule has 1 fully saturated rings. The monoisotopic (exact) mass is 359 g/mol. The number of aromatic nitrogens is 2. The van der Waals surface area contributed by atoms with Gasteiger partial charge in [-0.1, -0.05) is 0 Å². The predicted molar refractivity (Wildman–Crippen MR) is 97.5 cm³/mol. The van der Waals surface area contributed by atoms with Gasteiger partial charge in [-0.3, -0.25) is 0 Å². The van der Waals surface area contributed by atoms with Crippen molar-refractivity contribution >= 4 is 17.0 Å². The number of ether oxygens (including phenoxy) is 3. The molecular formula is C19H25N3O4. The first-order valence-electron chi connectivity index (χ1n) is 8.79. The van der Waals surface area contributed by atoms with Crippen LogP contribution in [0, 0.1) is 0 Å². The molecule has 0 bridgehead atoms. The number of nitrogens with zero attached hydrogens (tertiary/aromatic N) is 3. The van der Waals surface area contributed by atoms with Crippen LogP contribution in [0.3, 0.4) is 0 Å². The molecule has 0 spiro atoms. The van der Waals surface area contributed by atoms with Crippen LogP contribution in [-0.2, 0) is 4.74 Å². The molecule has 26 heavy (non-hydrogen) atoms. The van der Waals surface area contributed by atoms with Gasteiger partial charge in [-0.15, -0.1) is 0 Å². The van der Waals surface area contributed by atoms with Crippen molar-refractivity contribution < 1.29 is 19.0 Å². The Kier molecular flexibility index (Phi) is 5.15. The molecule has 1 amide bonds. The van der Waals surface area contributed by atoms with E-state index in [1.165, 1.54) is 0 Å². The van der Waals surface area contributed by atoms with Gasteiger partial charge >= 0.3 is 12.1 Å². The summed E-state index contributed by atoms with van der Waals surface area (Å²) in [5.74, 6) is 0.732. The zero-order valence-corrected chi connectivity index (χ0v) is 15.7. The van der Waals surface area contributed by atoms with E-state index in [0.29, 0.717) is 19.1 Å². The smallest absolute Gasteiger partial charge is 0.410 e. The number of benzene rings is 1. The Hall–Kier alpha value is -2.57. The van der Waals surface area contributed by atoms with Gasteiger partial charge in [0.2, 0.25) is 0 Å². The third-order valence-corrected chi connectivity index (χ3v) is 4.07. The van der Waals surface area contributed by atoms with Crippen molar-refractivity contribution in [2.45, 2.75) is 45.3 Å². The maximum Gasteiger partial charge on any atom is 0.410 e. The molecule has 3 rings (SSSR count). The van der Waals surface area contributed by atoms with Crippen molar-refractivity contribution in [3.8, 4) is 11.8 Å². The molecule has 1 aliphatic heterocycles. The van der Waals surface area contributed by atoms with Crippen LogP contribution in [0.5, 0.6) is 11.8 Å². The Bertz CT molecular complexity index is 788. The molecule has 0 radical (unpaired) electrons. The summed E-state index contributed by atoms with van der Waals surface area (Å²) in [7, 11) is 1.62. The number of carbonyl (C=O) groups is 1. The zero-order chi connectivity index (χ0) is 18.7. The molecule has 7 heteroatoms. The maximum absolute atomic E-state index is 12.3. The summed E-state index contributed by atoms with van der Waals surface area (Å²) >= 11 is 0. The number of carbonyl (C=O) groups excluding carboxylic acids is 1. The van der Waals surface area contributed by atoms with Gasteiger partial charge < -0.3 is 19.1 Å². The average Bonchev–Trinajstić information content (AvgIpc) is 2.60. The lowest BCUT2D eigenvalue weighted by atomic mass is 10.1. The highest BCUT2D eigenvalue weighted by Gasteiger charge is 2.29. The van der Waals surface area contributed by atoms with Crippen LogP contribution in [0.4, 0.5) is 4.79 Å². The second-order valence-corrected chi connectivity index (χ2v) is 7.39. The summed E-state index contributed by atoms with van der Waals surface area (Å²) in [5, 5.41) is 0.914. The van der Waals surface area contributed by atoms with Crippen molar-refractivity contribution in [1.29, 1.82) is 0 Å². The molecule has 1 aromatic carbocycles. The number of rotatable bonds is 3. The number of amides is 1. The molecule has 2 aromatic rings. The Morgan fingerprint density at radius 3 is 2.85 bits per heavy atom. The molecule has 0 N–H and O–H groups in total. The fraction of sp³-hybridized carbons (Fsp3) is 0.526. The fourth-order valence-corrected chi connectivity index (χ4v) is 2.85. The van der Waals surface area contributed by atoms with Gasteiger partial charge in [0.1, 0.15) is 17.5 Å². The van der Waals surface area contributed by atoms with E-state index in [1.54, 1.807) is 18.2 Å². The zero-order valence-electron chi connectivity index (χ0n) is 15.7. The van der Waals surface area contributed by atoms with Gasteiger partial charge in [-0.25, -0.2) is 9.78 Å². The minimum atomic E-state index is -0.509. The highest BCUT2D eigenvalue weighted by atomic mass is 16.6. The minimum absolute atomic E-state index is 0.153. The molecule has 1 atom stereocenters. The first-order valence-corrected chi connectivity index (χ1v) is 8.79. The summed E-state index contributed by atoms with van der Waals surface area (Å²) < 4.78 is 16.6. The average molecular weight is 359 g/mol. The second-order valence-electron chi connectivity index (χ2n) is 7.39. The van der Waals surface area contributed by atoms with Gasteiger partial charge in [-0.2, -0.15) is 4.98 Å². The molecule has 0 saturated carbocycles. The van der Waals surface area contributed by atoms with E-state index >= 15 is 0 Å². The van der Waals surface area contributed by atoms with Crippen LogP contribution in [0.2, 0.25) is 0 Å². The van der Waals surface area contributed by atoms with Gasteiger partial charge in [0.05, 0.1) is 19.2 Å². The van der Waals surface area contributed by atoms with E-state index in [1.807, 2.05) is 39.0 Å². The molecule has 140 valence electrons. The quantitative estimate of drug-likeness (QED) is 0.836. The molecular weight excluding hydrogens is 334 g/mol. The van der Waals surface area contributed by atoms with E-state index in [-0.39, 0.29) is 12.2 Å². The van der Waals surface area contributed by atoms with Crippen molar-refractivity contribution in [3.63, 3.8) is 0 Å². The molecule has 0 aliphatic carbocycles. The number of hydrogen-bond acceptors (Lipinski definition) is 6. The lowest BCUT2D eigenvalue weighted by Gasteiger charge is -2.33. The number of methoxy groups -OCH3 is 1. The molecule has 2 heterocycles. The third-order valence-electron chi connectivity index (χ3n) is 4.07. The van der Waals surface area contributed by atoms with Crippen LogP contribution >= 0.6 is 0 Å². The maximum atomic E-state index is 12.3. The van der Waals surface area contributed by atoms with Crippen LogP contribution in [0.25, 0.3) is 10.9 Å². The standard InChI is InChI=1S/C19H25N3O4/c1-19(2,3)26-18(23)22-9-5-6-15(12-22)25-17-20-11-13-7-8-14(24-4)10-16(13)21-17/h7-8,10-11,15H,5-6,9,12H2,1-4H3. The van der Waals surface area contributed by atoms with E-state index in [9.17, 15) is 4.79 Å². The first-order chi connectivity index (χ1) is 12.3. The molecule has 7 nitrogen and oxygen atoms in total. The summed E-state index contributed by atoms with van der Waals surface area (Å²) in [6.07, 6.45) is 2.96. The van der Waals surface area contributed by atoms with Crippen molar-refractivity contribution in [2.24, 2.45) is 0 Å². The van der Waals surface area contributed by atoms with Crippen LogP contribution in [0.15, 0.2) is 24.4 Å². The number of likely N-dealkylation sites (tertiary alicyclic amines) is 1. The minimum Gasteiger partial charge on any atom is -0.497 e. The van der Waals surface area contributed by atoms with Crippen LogP contribution < -0.4 is 9.47 Å². The third kappa shape index (κ3) is 4.53. The molecule has 1 saturated heterocycles. The van der Waals surface area contributed by atoms with Gasteiger partial charge in [0.15, 0.2) is 0 Å². The summed E-state index contributed by atoms with van der Waals surface area (Å²) in [6.45, 7) is 6.72. The van der Waals surface area contributed by atoms with Gasteiger partial charge in [0.25, 0.3) is 0 Å². The predicted octanol–water partition coefficient (Wildman–Crippen LogP) is 3.42. The Balaban J connectivity index is 1.68. The Morgan fingerprint density at radius 1 is 1.31 bits per heavy atom. The summed E-state index contributed by atoms with van der Waals surface area (Å²) in [4.78, 5) is 22.7. The molecule has 1 unspecified atom stereocenters. The second kappa shape index (κ2) is 7.35.